The smallest absolute Gasteiger partial charge is 0.0157 e. The number of hydrogen-bond acceptors (Lipinski definition) is 0. The summed E-state index contributed by atoms with van der Waals surface area (Å²) >= 11 is 1.72. The molecule has 0 fully saturated rings. The Kier molecular flexibility index (Phi) is 2.73. The molecule has 0 saturated heterocycles. The zero-order chi connectivity index (χ0) is 7.40. The third-order valence-electron chi connectivity index (χ3n) is 1.70. The standard InChI is InChI=1S/C9H12S/c1-3-8(2)9-6-4-5-7-10-9/h4-6,8H,3H2,1-2H3. The van der Waals surface area contributed by atoms with Crippen LogP contribution in [-0.2, 0) is 0 Å². The lowest BCUT2D eigenvalue weighted by Gasteiger charge is -2.06. The summed E-state index contributed by atoms with van der Waals surface area (Å²) in [6.07, 6.45) is 7.40. The normalized spacial score (nSPS) is 18.0. The van der Waals surface area contributed by atoms with Gasteiger partial charge >= 0.3 is 0 Å². The van der Waals surface area contributed by atoms with Crippen molar-refractivity contribution < 1.29 is 0 Å². The molecular formula is C9H12S. The third kappa shape index (κ3) is 1.73. The molecule has 1 aliphatic heterocycles. The summed E-state index contributed by atoms with van der Waals surface area (Å²) in [5, 5.41) is 3.12. The molecule has 1 heterocycles. The molecule has 1 heteroatoms. The van der Waals surface area contributed by atoms with Gasteiger partial charge in [-0.25, -0.2) is 0 Å². The van der Waals surface area contributed by atoms with Gasteiger partial charge in [-0.2, -0.15) is 0 Å². The Morgan fingerprint density at radius 1 is 1.70 bits per heavy atom. The first-order chi connectivity index (χ1) is 4.84. The molecular weight excluding hydrogens is 140 g/mol. The highest BCUT2D eigenvalue weighted by Gasteiger charge is 2.02. The molecule has 0 radical (unpaired) electrons. The molecule has 0 aliphatic carbocycles. The van der Waals surface area contributed by atoms with E-state index in [-0.39, 0.29) is 0 Å². The highest BCUT2D eigenvalue weighted by atomic mass is 32.1. The molecule has 0 bridgehead atoms. The topological polar surface area (TPSA) is 0 Å². The Morgan fingerprint density at radius 3 is 3.00 bits per heavy atom. The maximum Gasteiger partial charge on any atom is 0.0157 e. The largest absolute Gasteiger partial charge is 0.0973 e. The molecule has 0 aromatic carbocycles. The molecule has 10 heavy (non-hydrogen) atoms. The molecule has 0 aromatic rings. The van der Waals surface area contributed by atoms with E-state index in [9.17, 15) is 0 Å². The fraction of sp³-hybridized carbons (Fsp3) is 0.444. The minimum Gasteiger partial charge on any atom is -0.0973 e. The van der Waals surface area contributed by atoms with Gasteiger partial charge in [-0.05, 0) is 24.5 Å². The van der Waals surface area contributed by atoms with Gasteiger partial charge in [-0.15, -0.1) is 0 Å². The van der Waals surface area contributed by atoms with Crippen LogP contribution < -0.4 is 0 Å². The molecule has 1 atom stereocenters. The Hall–Kier alpha value is -0.520. The average molecular weight is 152 g/mol. The van der Waals surface area contributed by atoms with Crippen molar-refractivity contribution in [3.05, 3.63) is 23.1 Å². The summed E-state index contributed by atoms with van der Waals surface area (Å²) in [6, 6.07) is 0. The minimum atomic E-state index is 0.697. The van der Waals surface area contributed by atoms with Gasteiger partial charge in [-0.3, -0.25) is 0 Å². The van der Waals surface area contributed by atoms with Crippen molar-refractivity contribution in [2.24, 2.45) is 5.92 Å². The molecule has 0 amide bonds. The summed E-state index contributed by atoms with van der Waals surface area (Å²) < 4.78 is 0. The number of rotatable bonds is 2. The first-order valence-corrected chi connectivity index (χ1v) is 4.45. The Morgan fingerprint density at radius 2 is 2.50 bits per heavy atom. The number of allylic oxidation sites excluding steroid dienone is 4. The molecule has 0 nitrogen and oxygen atoms in total. The molecule has 0 N–H and O–H groups in total. The molecule has 0 saturated carbocycles. The predicted molar refractivity (Wildman–Crippen MR) is 48.2 cm³/mol. The van der Waals surface area contributed by atoms with E-state index < -0.39 is 0 Å². The van der Waals surface area contributed by atoms with Gasteiger partial charge in [0, 0.05) is 4.91 Å². The SMILES string of the molecule is CCC(C)C1=CC=CC#S1. The Bertz CT molecular complexity index is 225. The van der Waals surface area contributed by atoms with Crippen LogP contribution in [-0.4, -0.2) is 0 Å². The van der Waals surface area contributed by atoms with E-state index in [1.807, 2.05) is 6.08 Å². The van der Waals surface area contributed by atoms with E-state index >= 15 is 0 Å². The quantitative estimate of drug-likeness (QED) is 0.570. The molecule has 0 aromatic heterocycles. The van der Waals surface area contributed by atoms with E-state index in [0.29, 0.717) is 5.92 Å². The van der Waals surface area contributed by atoms with Crippen molar-refractivity contribution >= 4 is 11.2 Å². The fourth-order valence-electron chi connectivity index (χ4n) is 0.784. The third-order valence-corrected chi connectivity index (χ3v) is 2.73. The van der Waals surface area contributed by atoms with Crippen LogP contribution in [0, 0.1) is 11.1 Å². The second-order valence-corrected chi connectivity index (χ2v) is 3.37. The fourth-order valence-corrected chi connectivity index (χ4v) is 1.58. The van der Waals surface area contributed by atoms with E-state index in [2.05, 4.69) is 31.2 Å². The van der Waals surface area contributed by atoms with Crippen LogP contribution in [0.15, 0.2) is 23.1 Å². The van der Waals surface area contributed by atoms with Crippen LogP contribution in [0.5, 0.6) is 0 Å². The average Bonchev–Trinajstić information content (AvgIpc) is 2.05. The van der Waals surface area contributed by atoms with E-state index in [1.54, 1.807) is 11.2 Å². The van der Waals surface area contributed by atoms with Gasteiger partial charge in [-0.1, -0.05) is 36.3 Å². The van der Waals surface area contributed by atoms with Gasteiger partial charge in [0.25, 0.3) is 0 Å². The van der Waals surface area contributed by atoms with Crippen LogP contribution in [0.2, 0.25) is 0 Å². The summed E-state index contributed by atoms with van der Waals surface area (Å²) in [6.45, 7) is 4.46. The van der Waals surface area contributed by atoms with Crippen molar-refractivity contribution in [1.82, 2.24) is 0 Å². The minimum absolute atomic E-state index is 0.697. The zero-order valence-electron chi connectivity index (χ0n) is 6.42. The van der Waals surface area contributed by atoms with Crippen molar-refractivity contribution in [2.75, 3.05) is 0 Å². The molecule has 1 rings (SSSR count). The molecule has 1 unspecified atom stereocenters. The highest BCUT2D eigenvalue weighted by molar-refractivity contribution is 7.92. The van der Waals surface area contributed by atoms with Gasteiger partial charge in [0.05, 0.1) is 0 Å². The maximum atomic E-state index is 3.12. The molecule has 0 spiro atoms. The van der Waals surface area contributed by atoms with Crippen LogP contribution in [0.1, 0.15) is 20.3 Å². The van der Waals surface area contributed by atoms with Crippen molar-refractivity contribution in [1.29, 1.82) is 0 Å². The van der Waals surface area contributed by atoms with E-state index in [1.165, 1.54) is 11.3 Å². The predicted octanol–water partition coefficient (Wildman–Crippen LogP) is 3.18. The monoisotopic (exact) mass is 152 g/mol. The van der Waals surface area contributed by atoms with Crippen LogP contribution >= 0.6 is 11.2 Å². The summed E-state index contributed by atoms with van der Waals surface area (Å²) in [4.78, 5) is 1.44. The lowest BCUT2D eigenvalue weighted by Crippen LogP contribution is -1.91. The highest BCUT2D eigenvalue weighted by Crippen LogP contribution is 2.21. The first-order valence-electron chi connectivity index (χ1n) is 3.63. The van der Waals surface area contributed by atoms with Crippen LogP contribution in [0.25, 0.3) is 0 Å². The second kappa shape index (κ2) is 3.60. The summed E-state index contributed by atoms with van der Waals surface area (Å²) in [5.41, 5.74) is 0. The van der Waals surface area contributed by atoms with Gasteiger partial charge < -0.3 is 0 Å². The maximum absolute atomic E-state index is 3.12. The summed E-state index contributed by atoms with van der Waals surface area (Å²) in [5.74, 6) is 0.697. The Balaban J connectivity index is 2.69. The molecule has 1 aliphatic rings. The van der Waals surface area contributed by atoms with Crippen molar-refractivity contribution in [2.45, 2.75) is 20.3 Å². The van der Waals surface area contributed by atoms with Gasteiger partial charge in [0.2, 0.25) is 0 Å². The summed E-state index contributed by atoms with van der Waals surface area (Å²) in [7, 11) is 0. The van der Waals surface area contributed by atoms with E-state index in [0.717, 1.165) is 0 Å². The van der Waals surface area contributed by atoms with Crippen LogP contribution in [0.4, 0.5) is 0 Å². The Labute approximate surface area is 66.2 Å². The van der Waals surface area contributed by atoms with Crippen molar-refractivity contribution in [3.63, 3.8) is 0 Å². The number of hydrogen-bond donors (Lipinski definition) is 0. The van der Waals surface area contributed by atoms with Crippen LogP contribution in [0.3, 0.4) is 0 Å². The molecule has 54 valence electrons. The van der Waals surface area contributed by atoms with E-state index in [4.69, 9.17) is 0 Å². The van der Waals surface area contributed by atoms with Gasteiger partial charge in [0.1, 0.15) is 0 Å². The first kappa shape index (κ1) is 7.59. The zero-order valence-corrected chi connectivity index (χ0v) is 7.24. The van der Waals surface area contributed by atoms with Crippen molar-refractivity contribution in [3.8, 4) is 5.18 Å². The lowest BCUT2D eigenvalue weighted by atomic mass is 10.1. The van der Waals surface area contributed by atoms with Gasteiger partial charge in [0.15, 0.2) is 0 Å². The lowest BCUT2D eigenvalue weighted by molar-refractivity contribution is 0.688. The second-order valence-electron chi connectivity index (χ2n) is 2.46.